The molecule has 1 aromatic carbocycles. The normalized spacial score (nSPS) is 13.9. The first-order valence-electron chi connectivity index (χ1n) is 5.37. The number of allylic oxidation sites excluding steroid dienone is 2. The van der Waals surface area contributed by atoms with Crippen LogP contribution < -0.4 is 0 Å². The maximum atomic E-state index is 12.5. The van der Waals surface area contributed by atoms with Crippen LogP contribution in [-0.2, 0) is 6.61 Å². The highest BCUT2D eigenvalue weighted by Gasteiger charge is 2.33. The van der Waals surface area contributed by atoms with E-state index in [2.05, 4.69) is 4.99 Å². The Bertz CT molecular complexity index is 458. The molecule has 0 fully saturated rings. The average molecular weight is 257 g/mol. The van der Waals surface area contributed by atoms with Gasteiger partial charge in [0.1, 0.15) is 5.70 Å². The lowest BCUT2D eigenvalue weighted by Gasteiger charge is -2.08. The molecule has 0 atom stereocenters. The van der Waals surface area contributed by atoms with Crippen molar-refractivity contribution < 1.29 is 18.3 Å². The third-order valence-electron chi connectivity index (χ3n) is 2.41. The minimum atomic E-state index is -4.44. The molecule has 5 heteroatoms. The number of rotatable bonds is 3. The number of benzene rings is 1. The fraction of sp³-hybridized carbons (Fsp3) is 0.308. The second-order valence-electron chi connectivity index (χ2n) is 3.72. The van der Waals surface area contributed by atoms with Gasteiger partial charge in [0.15, 0.2) is 0 Å². The summed E-state index contributed by atoms with van der Waals surface area (Å²) in [4.78, 5) is 3.58. The first kappa shape index (κ1) is 14.4. The van der Waals surface area contributed by atoms with Crippen LogP contribution in [0.25, 0.3) is 0 Å². The Hall–Kier alpha value is -1.62. The topological polar surface area (TPSA) is 32.6 Å². The zero-order chi connectivity index (χ0) is 13.8. The Morgan fingerprint density at radius 2 is 1.83 bits per heavy atom. The van der Waals surface area contributed by atoms with E-state index in [1.165, 1.54) is 13.8 Å². The van der Waals surface area contributed by atoms with Gasteiger partial charge < -0.3 is 5.11 Å². The maximum absolute atomic E-state index is 12.5. The number of aliphatic hydroxyl groups is 1. The fourth-order valence-electron chi connectivity index (χ4n) is 1.39. The van der Waals surface area contributed by atoms with Crippen LogP contribution >= 0.6 is 0 Å². The second kappa shape index (κ2) is 5.82. The second-order valence-corrected chi connectivity index (χ2v) is 3.72. The van der Waals surface area contributed by atoms with Crippen LogP contribution in [-0.4, -0.2) is 17.0 Å². The summed E-state index contributed by atoms with van der Waals surface area (Å²) in [5, 5.41) is 8.87. The molecule has 0 radical (unpaired) electrons. The lowest BCUT2D eigenvalue weighted by molar-refractivity contribution is -0.0924. The minimum absolute atomic E-state index is 0.0981. The van der Waals surface area contributed by atoms with Crippen LogP contribution in [0.5, 0.6) is 0 Å². The van der Waals surface area contributed by atoms with Crippen molar-refractivity contribution in [3.8, 4) is 0 Å². The fourth-order valence-corrected chi connectivity index (χ4v) is 1.39. The predicted octanol–water partition coefficient (Wildman–Crippen LogP) is 3.45. The quantitative estimate of drug-likeness (QED) is 0.826. The van der Waals surface area contributed by atoms with Crippen molar-refractivity contribution in [2.24, 2.45) is 4.99 Å². The molecule has 0 aromatic heterocycles. The molecule has 0 saturated carbocycles. The smallest absolute Gasteiger partial charge is 0.392 e. The minimum Gasteiger partial charge on any atom is -0.392 e. The monoisotopic (exact) mass is 257 g/mol. The summed E-state index contributed by atoms with van der Waals surface area (Å²) in [5.41, 5.74) is 0.667. The van der Waals surface area contributed by atoms with Crippen molar-refractivity contribution in [3.05, 3.63) is 47.2 Å². The molecule has 0 aliphatic rings. The highest BCUT2D eigenvalue weighted by atomic mass is 19.4. The summed E-state index contributed by atoms with van der Waals surface area (Å²) in [6.07, 6.45) is -3.51. The molecule has 98 valence electrons. The summed E-state index contributed by atoms with van der Waals surface area (Å²) in [6.45, 7) is 2.72. The van der Waals surface area contributed by atoms with Crippen LogP contribution in [0.4, 0.5) is 13.2 Å². The molecule has 2 nitrogen and oxygen atoms in total. The van der Waals surface area contributed by atoms with Gasteiger partial charge >= 0.3 is 6.18 Å². The van der Waals surface area contributed by atoms with E-state index < -0.39 is 11.9 Å². The van der Waals surface area contributed by atoms with E-state index in [9.17, 15) is 13.2 Å². The molecule has 0 unspecified atom stereocenters. The van der Waals surface area contributed by atoms with Gasteiger partial charge in [-0.3, -0.25) is 0 Å². The molecule has 0 spiro atoms. The molecule has 18 heavy (non-hydrogen) atoms. The zero-order valence-electron chi connectivity index (χ0n) is 10.1. The highest BCUT2D eigenvalue weighted by molar-refractivity contribution is 5.99. The SMILES string of the molecule is C/C=C(\N=C(C)c1ccc(CO)cc1)C(F)(F)F. The summed E-state index contributed by atoms with van der Waals surface area (Å²) >= 11 is 0. The molecule has 0 aliphatic carbocycles. The van der Waals surface area contributed by atoms with Crippen molar-refractivity contribution >= 4 is 5.71 Å². The van der Waals surface area contributed by atoms with Crippen molar-refractivity contribution in [1.29, 1.82) is 0 Å². The Morgan fingerprint density at radius 3 is 2.22 bits per heavy atom. The number of halogens is 3. The highest BCUT2D eigenvalue weighted by Crippen LogP contribution is 2.27. The molecule has 1 N–H and O–H groups in total. The number of alkyl halides is 3. The Balaban J connectivity index is 3.01. The average Bonchev–Trinajstić information content (AvgIpc) is 2.34. The van der Waals surface area contributed by atoms with Crippen molar-refractivity contribution in [1.82, 2.24) is 0 Å². The molecule has 1 aromatic rings. The molecule has 0 heterocycles. The summed E-state index contributed by atoms with van der Waals surface area (Å²) in [5.74, 6) is 0. The van der Waals surface area contributed by atoms with Gasteiger partial charge in [0, 0.05) is 5.71 Å². The number of hydrogen-bond acceptors (Lipinski definition) is 2. The van der Waals surface area contributed by atoms with Crippen LogP contribution in [0.2, 0.25) is 0 Å². The summed E-state index contributed by atoms with van der Waals surface area (Å²) < 4.78 is 37.5. The first-order valence-corrected chi connectivity index (χ1v) is 5.37. The van der Waals surface area contributed by atoms with E-state index in [-0.39, 0.29) is 12.3 Å². The largest absolute Gasteiger partial charge is 0.433 e. The van der Waals surface area contributed by atoms with Gasteiger partial charge in [-0.2, -0.15) is 13.2 Å². The van der Waals surface area contributed by atoms with Gasteiger partial charge in [0.25, 0.3) is 0 Å². The Morgan fingerprint density at radius 1 is 1.28 bits per heavy atom. The van der Waals surface area contributed by atoms with Crippen LogP contribution in [0.1, 0.15) is 25.0 Å². The van der Waals surface area contributed by atoms with Gasteiger partial charge in [0.2, 0.25) is 0 Å². The van der Waals surface area contributed by atoms with Gasteiger partial charge in [0.05, 0.1) is 6.61 Å². The number of nitrogens with zero attached hydrogens (tertiary/aromatic N) is 1. The zero-order valence-corrected chi connectivity index (χ0v) is 10.1. The number of aliphatic hydroxyl groups excluding tert-OH is 1. The van der Waals surface area contributed by atoms with E-state index in [0.717, 1.165) is 6.08 Å². The molecule has 0 aliphatic heterocycles. The number of aliphatic imine (C=N–C) groups is 1. The summed E-state index contributed by atoms with van der Waals surface area (Å²) in [6, 6.07) is 6.57. The Kier molecular flexibility index (Phi) is 4.67. The predicted molar refractivity (Wildman–Crippen MR) is 64.4 cm³/mol. The molecule has 0 bridgehead atoms. The summed E-state index contributed by atoms with van der Waals surface area (Å²) in [7, 11) is 0. The lowest BCUT2D eigenvalue weighted by Crippen LogP contribution is -2.11. The number of hydrogen-bond donors (Lipinski definition) is 1. The van der Waals surface area contributed by atoms with Crippen molar-refractivity contribution in [3.63, 3.8) is 0 Å². The van der Waals surface area contributed by atoms with Gasteiger partial charge in [-0.1, -0.05) is 30.3 Å². The molecular weight excluding hydrogens is 243 g/mol. The maximum Gasteiger partial charge on any atom is 0.433 e. The van der Waals surface area contributed by atoms with E-state index in [1.54, 1.807) is 24.3 Å². The molecule has 0 saturated heterocycles. The van der Waals surface area contributed by atoms with E-state index in [1.807, 2.05) is 0 Å². The van der Waals surface area contributed by atoms with Gasteiger partial charge in [-0.15, -0.1) is 0 Å². The van der Waals surface area contributed by atoms with E-state index in [4.69, 9.17) is 5.11 Å². The van der Waals surface area contributed by atoms with Crippen LogP contribution in [0.15, 0.2) is 41.0 Å². The van der Waals surface area contributed by atoms with Crippen LogP contribution in [0.3, 0.4) is 0 Å². The van der Waals surface area contributed by atoms with E-state index >= 15 is 0 Å². The molecule has 1 rings (SSSR count). The standard InChI is InChI=1S/C13H14F3NO/c1-3-12(13(14,15)16)17-9(2)11-6-4-10(8-18)5-7-11/h3-7,18H,8H2,1-2H3/b12-3-,17-9?. The third-order valence-corrected chi connectivity index (χ3v) is 2.41. The van der Waals surface area contributed by atoms with Gasteiger partial charge in [-0.25, -0.2) is 4.99 Å². The molecule has 0 amide bonds. The third kappa shape index (κ3) is 3.70. The van der Waals surface area contributed by atoms with Crippen LogP contribution in [0, 0.1) is 0 Å². The molecular formula is C13H14F3NO. The first-order chi connectivity index (χ1) is 8.38. The van der Waals surface area contributed by atoms with Crippen molar-refractivity contribution in [2.45, 2.75) is 26.6 Å². The Labute approximate surface area is 103 Å². The van der Waals surface area contributed by atoms with Crippen molar-refractivity contribution in [2.75, 3.05) is 0 Å². The lowest BCUT2D eigenvalue weighted by atomic mass is 10.1. The van der Waals surface area contributed by atoms with Gasteiger partial charge in [-0.05, 0) is 25.0 Å². The van der Waals surface area contributed by atoms with E-state index in [0.29, 0.717) is 11.1 Å².